The molecule has 5 aromatic rings. The van der Waals surface area contributed by atoms with E-state index in [1.54, 1.807) is 0 Å². The molecule has 0 fully saturated rings. The summed E-state index contributed by atoms with van der Waals surface area (Å²) >= 11 is 2.32. The molecule has 0 saturated carbocycles. The van der Waals surface area contributed by atoms with E-state index in [1.807, 2.05) is 6.20 Å². The average molecular weight is 559 g/mol. The van der Waals surface area contributed by atoms with Gasteiger partial charge in [-0.2, -0.15) is 0 Å². The lowest BCUT2D eigenvalue weighted by Crippen LogP contribution is -2.02. The van der Waals surface area contributed by atoms with Gasteiger partial charge in [-0.15, -0.1) is 0 Å². The Morgan fingerprint density at radius 2 is 1.76 bits per heavy atom. The number of hydrogen-bond donors (Lipinski definition) is 1. The van der Waals surface area contributed by atoms with E-state index in [1.165, 1.54) is 25.8 Å². The van der Waals surface area contributed by atoms with Crippen LogP contribution < -0.4 is 10.5 Å². The van der Waals surface area contributed by atoms with Crippen LogP contribution in [0.3, 0.4) is 0 Å². The summed E-state index contributed by atoms with van der Waals surface area (Å²) in [5.74, 6) is 1.67. The Hall–Kier alpha value is -3.19. The second-order valence-electron chi connectivity index (χ2n) is 8.85. The molecule has 1 atom stereocenters. The van der Waals surface area contributed by atoms with Gasteiger partial charge in [0.15, 0.2) is 5.82 Å². The molecule has 2 heterocycles. The third-order valence-corrected chi connectivity index (χ3v) is 6.84. The minimum atomic E-state index is 0.310. The summed E-state index contributed by atoms with van der Waals surface area (Å²) in [5.41, 5.74) is 12.7. The topological polar surface area (TPSA) is 61.0 Å². The molecule has 5 rings (SSSR count). The summed E-state index contributed by atoms with van der Waals surface area (Å²) in [7, 11) is 0. The number of halogens is 1. The molecule has 0 aliphatic rings. The molecule has 0 spiro atoms. The van der Waals surface area contributed by atoms with Crippen LogP contribution in [0.15, 0.2) is 79.0 Å². The number of nitrogens with two attached hydrogens (primary N) is 1. The van der Waals surface area contributed by atoms with Gasteiger partial charge in [-0.25, -0.2) is 4.98 Å². The van der Waals surface area contributed by atoms with Crippen molar-refractivity contribution in [3.8, 4) is 5.75 Å². The molecule has 0 bridgehead atoms. The second kappa shape index (κ2) is 9.58. The molecule has 0 saturated heterocycles. The minimum absolute atomic E-state index is 0.310. The van der Waals surface area contributed by atoms with Gasteiger partial charge in [0.2, 0.25) is 0 Å². The van der Waals surface area contributed by atoms with E-state index in [0.29, 0.717) is 18.3 Å². The Kier molecular flexibility index (Phi) is 6.37. The monoisotopic (exact) mass is 559 g/mol. The maximum Gasteiger partial charge on any atom is 0.150 e. The number of ether oxygens (including phenoxy) is 1. The highest BCUT2D eigenvalue weighted by Gasteiger charge is 2.13. The highest BCUT2D eigenvalue weighted by atomic mass is 127. The summed E-state index contributed by atoms with van der Waals surface area (Å²) < 4.78 is 7.19. The number of benzene rings is 3. The van der Waals surface area contributed by atoms with Gasteiger partial charge in [0.25, 0.3) is 0 Å². The van der Waals surface area contributed by atoms with Crippen LogP contribution in [-0.2, 0) is 13.0 Å². The van der Waals surface area contributed by atoms with Crippen LogP contribution >= 0.6 is 22.6 Å². The number of aryl methyl sites for hydroxylation is 1. The maximum absolute atomic E-state index is 6.22. The van der Waals surface area contributed by atoms with Crippen LogP contribution in [0.5, 0.6) is 5.75 Å². The van der Waals surface area contributed by atoms with Gasteiger partial charge in [0, 0.05) is 20.5 Å². The number of hydrogen-bond acceptors (Lipinski definition) is 4. The summed E-state index contributed by atoms with van der Waals surface area (Å²) in [6.45, 7) is 4.87. The highest BCUT2D eigenvalue weighted by Crippen LogP contribution is 2.30. The molecular formula is C29H26IN3O. The van der Waals surface area contributed by atoms with E-state index in [2.05, 4.69) is 119 Å². The number of nitrogens with zero attached hydrogens (tertiary/aromatic N) is 2. The molecule has 1 unspecified atom stereocenters. The Balaban J connectivity index is 1.33. The number of fused-ring (bicyclic) bond motifs is 3. The largest absolute Gasteiger partial charge is 0.489 e. The summed E-state index contributed by atoms with van der Waals surface area (Å²) in [5, 5.41) is 2.15. The smallest absolute Gasteiger partial charge is 0.150 e. The predicted octanol–water partition coefficient (Wildman–Crippen LogP) is 7.20. The second-order valence-corrected chi connectivity index (χ2v) is 10.1. The van der Waals surface area contributed by atoms with Crippen molar-refractivity contribution in [3.63, 3.8) is 0 Å². The van der Waals surface area contributed by atoms with E-state index in [9.17, 15) is 0 Å². The first-order valence-corrected chi connectivity index (χ1v) is 12.5. The number of aromatic nitrogens is 2. The third-order valence-electron chi connectivity index (χ3n) is 6.16. The van der Waals surface area contributed by atoms with Gasteiger partial charge < -0.3 is 10.5 Å². The van der Waals surface area contributed by atoms with Crippen molar-refractivity contribution in [1.29, 1.82) is 0 Å². The van der Waals surface area contributed by atoms with Crippen LogP contribution in [0.2, 0.25) is 0 Å². The zero-order chi connectivity index (χ0) is 23.7. The molecule has 34 heavy (non-hydrogen) atoms. The van der Waals surface area contributed by atoms with Gasteiger partial charge in [-0.1, -0.05) is 43.3 Å². The molecule has 3 aromatic carbocycles. The fourth-order valence-corrected chi connectivity index (χ4v) is 4.90. The van der Waals surface area contributed by atoms with Crippen LogP contribution in [0.4, 0.5) is 5.82 Å². The van der Waals surface area contributed by atoms with Crippen LogP contribution in [0.25, 0.3) is 21.8 Å². The standard InChI is InChI=1S/C29H26IN3O/c1-18-6-11-25-26-15-22(16-32-28(26)29(31)33-27(25)12-18)19(2)13-20-7-9-24(10-8-20)34-17-21-4-3-5-23(30)14-21/h3-12,14-16,19H,13,17H2,1-2H3,(H2,31,33). The molecular weight excluding hydrogens is 533 g/mol. The molecule has 0 amide bonds. The molecule has 170 valence electrons. The van der Waals surface area contributed by atoms with E-state index in [4.69, 9.17) is 10.5 Å². The Labute approximate surface area is 213 Å². The van der Waals surface area contributed by atoms with Gasteiger partial charge in [0.05, 0.1) is 5.52 Å². The van der Waals surface area contributed by atoms with E-state index in [-0.39, 0.29) is 0 Å². The number of nitrogen functional groups attached to an aromatic ring is 1. The predicted molar refractivity (Wildman–Crippen MR) is 148 cm³/mol. The fraction of sp³-hybridized carbons (Fsp3) is 0.172. The molecule has 0 aliphatic heterocycles. The average Bonchev–Trinajstić information content (AvgIpc) is 2.83. The van der Waals surface area contributed by atoms with E-state index < -0.39 is 0 Å². The fourth-order valence-electron chi connectivity index (χ4n) is 4.29. The van der Waals surface area contributed by atoms with Crippen molar-refractivity contribution in [2.45, 2.75) is 32.8 Å². The van der Waals surface area contributed by atoms with Crippen molar-refractivity contribution in [2.24, 2.45) is 0 Å². The van der Waals surface area contributed by atoms with Crippen molar-refractivity contribution < 1.29 is 4.74 Å². The quantitative estimate of drug-likeness (QED) is 0.177. The molecule has 0 radical (unpaired) electrons. The maximum atomic E-state index is 6.22. The van der Waals surface area contributed by atoms with Crippen LogP contribution in [0, 0.1) is 10.5 Å². The van der Waals surface area contributed by atoms with Gasteiger partial charge in [-0.3, -0.25) is 4.98 Å². The Morgan fingerprint density at radius 1 is 0.941 bits per heavy atom. The molecule has 2 N–H and O–H groups in total. The normalized spacial score (nSPS) is 12.2. The number of rotatable bonds is 6. The lowest BCUT2D eigenvalue weighted by molar-refractivity contribution is 0.306. The Bertz CT molecular complexity index is 1480. The minimum Gasteiger partial charge on any atom is -0.489 e. The van der Waals surface area contributed by atoms with Crippen molar-refractivity contribution in [2.75, 3.05) is 5.73 Å². The van der Waals surface area contributed by atoms with Crippen molar-refractivity contribution in [1.82, 2.24) is 9.97 Å². The summed E-state index contributed by atoms with van der Waals surface area (Å²) in [4.78, 5) is 9.24. The summed E-state index contributed by atoms with van der Waals surface area (Å²) in [6, 6.07) is 25.3. The first-order valence-electron chi connectivity index (χ1n) is 11.4. The van der Waals surface area contributed by atoms with Crippen molar-refractivity contribution >= 4 is 50.2 Å². The Morgan fingerprint density at radius 3 is 2.56 bits per heavy atom. The van der Waals surface area contributed by atoms with Gasteiger partial charge in [0.1, 0.15) is 17.9 Å². The zero-order valence-corrected chi connectivity index (χ0v) is 21.4. The van der Waals surface area contributed by atoms with Gasteiger partial charge in [-0.05, 0) is 101 Å². The zero-order valence-electron chi connectivity index (χ0n) is 19.3. The first-order chi connectivity index (χ1) is 16.5. The first kappa shape index (κ1) is 22.6. The lowest BCUT2D eigenvalue weighted by Gasteiger charge is -2.14. The lowest BCUT2D eigenvalue weighted by atomic mass is 9.93. The van der Waals surface area contributed by atoms with E-state index in [0.717, 1.165) is 34.0 Å². The summed E-state index contributed by atoms with van der Waals surface area (Å²) in [6.07, 6.45) is 2.85. The highest BCUT2D eigenvalue weighted by molar-refractivity contribution is 14.1. The van der Waals surface area contributed by atoms with Gasteiger partial charge >= 0.3 is 0 Å². The third kappa shape index (κ3) is 4.85. The van der Waals surface area contributed by atoms with E-state index >= 15 is 0 Å². The SMILES string of the molecule is Cc1ccc2c(c1)nc(N)c1ncc(C(C)Cc3ccc(OCc4cccc(I)c4)cc3)cc12. The molecule has 5 heteroatoms. The number of pyridine rings is 2. The molecule has 2 aromatic heterocycles. The number of anilines is 1. The van der Waals surface area contributed by atoms with Crippen LogP contribution in [-0.4, -0.2) is 9.97 Å². The molecule has 4 nitrogen and oxygen atoms in total. The van der Waals surface area contributed by atoms with Crippen molar-refractivity contribution in [3.05, 3.63) is 105 Å². The van der Waals surface area contributed by atoms with Crippen LogP contribution in [0.1, 0.15) is 35.1 Å². The molecule has 0 aliphatic carbocycles.